The molecule has 4 rings (SSSR count). The third kappa shape index (κ3) is 2.22. The van der Waals surface area contributed by atoms with Crippen molar-refractivity contribution in [3.05, 3.63) is 11.6 Å². The quantitative estimate of drug-likeness (QED) is 0.823. The Kier molecular flexibility index (Phi) is 4.15. The zero-order valence-corrected chi connectivity index (χ0v) is 15.8. The molecule has 0 aromatic carbocycles. The van der Waals surface area contributed by atoms with E-state index in [0.717, 1.165) is 38.5 Å². The summed E-state index contributed by atoms with van der Waals surface area (Å²) in [5.74, 6) is 1.34. The second-order valence-corrected chi connectivity index (χ2v) is 9.52. The monoisotopic (exact) mass is 355 g/mol. The number of Topliss-reactive ketones (excluding diaryl/α,β-unsaturated/α-hetero) is 1. The van der Waals surface area contributed by atoms with E-state index in [9.17, 15) is 20.0 Å². The predicted octanol–water partition coefficient (Wildman–Crippen LogP) is 3.45. The van der Waals surface area contributed by atoms with E-state index >= 15 is 0 Å². The summed E-state index contributed by atoms with van der Waals surface area (Å²) in [7, 11) is 0. The van der Waals surface area contributed by atoms with Gasteiger partial charge in [0, 0.05) is 17.8 Å². The SMILES string of the molecule is C[C@]12CC[C@H]3[C@@H](CCC4=CC(=O)CC(C#N)[C@@]43C)[C@@H]1CC[C@@H]2C(=O)CO. The van der Waals surface area contributed by atoms with Crippen LogP contribution in [-0.4, -0.2) is 23.3 Å². The van der Waals surface area contributed by atoms with Crippen molar-refractivity contribution in [3.63, 3.8) is 0 Å². The molecule has 0 aliphatic heterocycles. The summed E-state index contributed by atoms with van der Waals surface area (Å²) in [6.45, 7) is 4.15. The van der Waals surface area contributed by atoms with Crippen LogP contribution in [0.15, 0.2) is 11.6 Å². The second-order valence-electron chi connectivity index (χ2n) is 9.52. The molecule has 0 aromatic heterocycles. The molecule has 0 radical (unpaired) electrons. The first-order valence-electron chi connectivity index (χ1n) is 10.1. The van der Waals surface area contributed by atoms with Crippen molar-refractivity contribution in [1.82, 2.24) is 0 Å². The van der Waals surface area contributed by atoms with E-state index in [1.165, 1.54) is 5.57 Å². The maximum atomic E-state index is 12.3. The molecule has 0 bridgehead atoms. The minimum Gasteiger partial charge on any atom is -0.389 e. The molecule has 4 nitrogen and oxygen atoms in total. The first kappa shape index (κ1) is 17.9. The number of aliphatic hydroxyl groups is 1. The van der Waals surface area contributed by atoms with Crippen molar-refractivity contribution in [2.45, 2.75) is 58.8 Å². The molecule has 3 saturated carbocycles. The van der Waals surface area contributed by atoms with E-state index < -0.39 is 0 Å². The maximum absolute atomic E-state index is 12.3. The minimum atomic E-state index is -0.343. The molecule has 4 aliphatic rings. The summed E-state index contributed by atoms with van der Waals surface area (Å²) in [5.41, 5.74) is 1.00. The first-order valence-corrected chi connectivity index (χ1v) is 10.1. The molecule has 3 fully saturated rings. The Bertz CT molecular complexity index is 719. The van der Waals surface area contributed by atoms with Gasteiger partial charge in [0.15, 0.2) is 11.6 Å². The van der Waals surface area contributed by atoms with Crippen LogP contribution in [0.2, 0.25) is 0 Å². The molecule has 4 heteroatoms. The van der Waals surface area contributed by atoms with Crippen molar-refractivity contribution < 1.29 is 14.7 Å². The molecule has 1 N–H and O–H groups in total. The molecule has 0 spiro atoms. The van der Waals surface area contributed by atoms with E-state index in [2.05, 4.69) is 19.9 Å². The lowest BCUT2D eigenvalue weighted by atomic mass is 9.45. The number of fused-ring (bicyclic) bond motifs is 5. The largest absolute Gasteiger partial charge is 0.389 e. The van der Waals surface area contributed by atoms with Gasteiger partial charge >= 0.3 is 0 Å². The van der Waals surface area contributed by atoms with Crippen molar-refractivity contribution >= 4 is 11.6 Å². The lowest BCUT2D eigenvalue weighted by molar-refractivity contribution is -0.133. The fourth-order valence-electron chi connectivity index (χ4n) is 7.46. The highest BCUT2D eigenvalue weighted by atomic mass is 16.3. The number of ketones is 2. The minimum absolute atomic E-state index is 0.00854. The summed E-state index contributed by atoms with van der Waals surface area (Å²) >= 11 is 0. The topological polar surface area (TPSA) is 78.2 Å². The normalized spacial score (nSPS) is 47.2. The lowest BCUT2D eigenvalue weighted by Gasteiger charge is -2.59. The number of nitrogens with zero attached hydrogens (tertiary/aromatic N) is 1. The van der Waals surface area contributed by atoms with Crippen LogP contribution in [0.25, 0.3) is 0 Å². The predicted molar refractivity (Wildman–Crippen MR) is 96.8 cm³/mol. The van der Waals surface area contributed by atoms with E-state index in [4.69, 9.17) is 0 Å². The highest BCUT2D eigenvalue weighted by Crippen LogP contribution is 2.67. The Morgan fingerprint density at radius 1 is 1.27 bits per heavy atom. The van der Waals surface area contributed by atoms with Crippen LogP contribution >= 0.6 is 0 Å². The van der Waals surface area contributed by atoms with Gasteiger partial charge in [-0.15, -0.1) is 0 Å². The van der Waals surface area contributed by atoms with Crippen LogP contribution in [0, 0.1) is 51.8 Å². The molecule has 1 unspecified atom stereocenters. The van der Waals surface area contributed by atoms with Crippen LogP contribution in [-0.2, 0) is 9.59 Å². The summed E-state index contributed by atoms with van der Waals surface area (Å²) in [6.07, 6.45) is 8.13. The molecule has 0 amide bonds. The standard InChI is InChI=1S/C22H29NO3/c1-21-8-7-18-16(17(21)5-6-19(21)20(26)12-24)4-3-13-9-15(25)10-14(11-23)22(13,18)2/h9,14,16-19,24H,3-8,10,12H2,1-2H3/t14?,16-,17-,18-,19+,21-,22+/m0/s1. The molecule has 4 aliphatic carbocycles. The molecule has 0 heterocycles. The number of nitriles is 1. The summed E-state index contributed by atoms with van der Waals surface area (Å²) in [4.78, 5) is 24.4. The van der Waals surface area contributed by atoms with Crippen molar-refractivity contribution in [2.75, 3.05) is 6.61 Å². The zero-order chi connectivity index (χ0) is 18.7. The number of rotatable bonds is 2. The van der Waals surface area contributed by atoms with Gasteiger partial charge in [0.1, 0.15) is 6.61 Å². The van der Waals surface area contributed by atoms with Crippen LogP contribution in [0.4, 0.5) is 0 Å². The Morgan fingerprint density at radius 3 is 2.73 bits per heavy atom. The van der Waals surface area contributed by atoms with Gasteiger partial charge in [0.2, 0.25) is 0 Å². The summed E-state index contributed by atoms with van der Waals surface area (Å²) in [5, 5.41) is 19.2. The molecular weight excluding hydrogens is 326 g/mol. The third-order valence-corrected chi connectivity index (χ3v) is 8.81. The van der Waals surface area contributed by atoms with Crippen molar-refractivity contribution in [3.8, 4) is 6.07 Å². The maximum Gasteiger partial charge on any atom is 0.161 e. The number of allylic oxidation sites excluding steroid dienone is 1. The molecule has 140 valence electrons. The number of hydrogen-bond donors (Lipinski definition) is 1. The average Bonchev–Trinajstić information content (AvgIpc) is 2.98. The smallest absolute Gasteiger partial charge is 0.161 e. The van der Waals surface area contributed by atoms with Gasteiger partial charge in [-0.05, 0) is 67.8 Å². The van der Waals surface area contributed by atoms with E-state index in [-0.39, 0.29) is 40.8 Å². The van der Waals surface area contributed by atoms with Gasteiger partial charge in [-0.1, -0.05) is 19.4 Å². The number of carbonyl (C=O) groups excluding carboxylic acids is 2. The van der Waals surface area contributed by atoms with Crippen LogP contribution < -0.4 is 0 Å². The fraction of sp³-hybridized carbons (Fsp3) is 0.773. The zero-order valence-electron chi connectivity index (χ0n) is 15.8. The van der Waals surface area contributed by atoms with Gasteiger partial charge in [0.05, 0.1) is 12.0 Å². The Labute approximate surface area is 155 Å². The molecule has 26 heavy (non-hydrogen) atoms. The van der Waals surface area contributed by atoms with Gasteiger partial charge in [0.25, 0.3) is 0 Å². The van der Waals surface area contributed by atoms with Crippen LogP contribution in [0.5, 0.6) is 0 Å². The van der Waals surface area contributed by atoms with Crippen LogP contribution in [0.1, 0.15) is 58.8 Å². The molecule has 7 atom stereocenters. The summed E-state index contributed by atoms with van der Waals surface area (Å²) < 4.78 is 0. The van der Waals surface area contributed by atoms with Gasteiger partial charge < -0.3 is 5.11 Å². The molecule has 0 saturated heterocycles. The highest BCUT2D eigenvalue weighted by Gasteiger charge is 2.61. The average molecular weight is 355 g/mol. The highest BCUT2D eigenvalue weighted by molar-refractivity contribution is 5.92. The van der Waals surface area contributed by atoms with Gasteiger partial charge in [-0.25, -0.2) is 0 Å². The van der Waals surface area contributed by atoms with E-state index in [1.54, 1.807) is 0 Å². The van der Waals surface area contributed by atoms with Gasteiger partial charge in [-0.3, -0.25) is 9.59 Å². The fourth-order valence-corrected chi connectivity index (χ4v) is 7.46. The van der Waals surface area contributed by atoms with Crippen LogP contribution in [0.3, 0.4) is 0 Å². The molecular formula is C22H29NO3. The van der Waals surface area contributed by atoms with E-state index in [1.807, 2.05) is 6.08 Å². The Morgan fingerprint density at radius 2 is 2.04 bits per heavy atom. The lowest BCUT2D eigenvalue weighted by Crippen LogP contribution is -2.53. The third-order valence-electron chi connectivity index (χ3n) is 8.81. The molecule has 0 aromatic rings. The van der Waals surface area contributed by atoms with Gasteiger partial charge in [-0.2, -0.15) is 5.26 Å². The van der Waals surface area contributed by atoms with Crippen molar-refractivity contribution in [1.29, 1.82) is 5.26 Å². The number of aliphatic hydroxyl groups excluding tert-OH is 1. The Balaban J connectivity index is 1.70. The van der Waals surface area contributed by atoms with E-state index in [0.29, 0.717) is 24.2 Å². The first-order chi connectivity index (χ1) is 12.4. The number of hydrogen-bond acceptors (Lipinski definition) is 4. The Hall–Kier alpha value is -1.47. The number of carbonyl (C=O) groups is 2. The summed E-state index contributed by atoms with van der Waals surface area (Å²) in [6, 6.07) is 2.46. The van der Waals surface area contributed by atoms with Crippen molar-refractivity contribution in [2.24, 2.45) is 40.4 Å². The second kappa shape index (κ2) is 6.02.